The lowest BCUT2D eigenvalue weighted by atomic mass is 10.1. The Morgan fingerprint density at radius 2 is 2.25 bits per heavy atom. The number of hydrogen-bond acceptors (Lipinski definition) is 4. The van der Waals surface area contributed by atoms with Gasteiger partial charge in [0.15, 0.2) is 0 Å². The second kappa shape index (κ2) is 6.14. The van der Waals surface area contributed by atoms with Crippen molar-refractivity contribution in [3.05, 3.63) is 30.4 Å². The number of aliphatic carboxylic acids is 1. The molecule has 1 unspecified atom stereocenters. The first-order valence-corrected chi connectivity index (χ1v) is 6.35. The average molecular weight is 276 g/mol. The molecule has 7 nitrogen and oxygen atoms in total. The second-order valence-corrected chi connectivity index (χ2v) is 4.71. The molecule has 2 N–H and O–H groups in total. The zero-order valence-corrected chi connectivity index (χ0v) is 11.1. The molecule has 2 heterocycles. The molecule has 106 valence electrons. The Bertz CT molecular complexity index is 623. The molecular weight excluding hydrogens is 260 g/mol. The summed E-state index contributed by atoms with van der Waals surface area (Å²) in [6.07, 6.45) is 6.98. The van der Waals surface area contributed by atoms with Crippen LogP contribution in [-0.4, -0.2) is 38.1 Å². The maximum absolute atomic E-state index is 12.1. The van der Waals surface area contributed by atoms with Crippen molar-refractivity contribution in [1.82, 2.24) is 19.9 Å². The quantitative estimate of drug-likeness (QED) is 0.819. The van der Waals surface area contributed by atoms with Crippen molar-refractivity contribution in [2.75, 3.05) is 6.54 Å². The van der Waals surface area contributed by atoms with Crippen molar-refractivity contribution < 1.29 is 14.7 Å². The van der Waals surface area contributed by atoms with Gasteiger partial charge in [-0.25, -0.2) is 4.52 Å². The molecule has 7 heteroatoms. The lowest BCUT2D eigenvalue weighted by Gasteiger charge is -2.10. The number of carbonyl (C=O) groups excluding carboxylic acids is 1. The Labute approximate surface area is 115 Å². The number of aromatic nitrogens is 3. The predicted octanol–water partition coefficient (Wildman–Crippen LogP) is 0.960. The second-order valence-electron chi connectivity index (χ2n) is 4.71. The highest BCUT2D eigenvalue weighted by atomic mass is 16.4. The fourth-order valence-corrected chi connectivity index (χ4v) is 1.84. The summed E-state index contributed by atoms with van der Waals surface area (Å²) in [5.74, 6) is -0.943. The first-order valence-electron chi connectivity index (χ1n) is 6.35. The average Bonchev–Trinajstić information content (AvgIpc) is 2.86. The molecule has 0 aliphatic carbocycles. The van der Waals surface area contributed by atoms with Crippen molar-refractivity contribution in [3.8, 4) is 0 Å². The van der Waals surface area contributed by atoms with E-state index in [1.165, 1.54) is 6.20 Å². The Balaban J connectivity index is 1.93. The van der Waals surface area contributed by atoms with E-state index in [2.05, 4.69) is 15.4 Å². The summed E-state index contributed by atoms with van der Waals surface area (Å²) in [6, 6.07) is 0. The van der Waals surface area contributed by atoms with Crippen LogP contribution >= 0.6 is 0 Å². The fourth-order valence-electron chi connectivity index (χ4n) is 1.84. The van der Waals surface area contributed by atoms with Gasteiger partial charge in [0, 0.05) is 25.4 Å². The van der Waals surface area contributed by atoms with E-state index in [4.69, 9.17) is 5.11 Å². The van der Waals surface area contributed by atoms with Gasteiger partial charge in [-0.1, -0.05) is 6.92 Å². The van der Waals surface area contributed by atoms with Gasteiger partial charge >= 0.3 is 5.97 Å². The zero-order chi connectivity index (χ0) is 14.5. The minimum absolute atomic E-state index is 0.106. The molecule has 20 heavy (non-hydrogen) atoms. The highest BCUT2D eigenvalue weighted by Gasteiger charge is 2.13. The summed E-state index contributed by atoms with van der Waals surface area (Å²) < 4.78 is 1.58. The zero-order valence-electron chi connectivity index (χ0n) is 11.1. The molecule has 2 rings (SSSR count). The minimum Gasteiger partial charge on any atom is -0.481 e. The smallest absolute Gasteiger partial charge is 0.303 e. The van der Waals surface area contributed by atoms with Gasteiger partial charge in [-0.3, -0.25) is 14.6 Å². The Kier molecular flexibility index (Phi) is 4.29. The van der Waals surface area contributed by atoms with Crippen LogP contribution in [0.15, 0.2) is 24.8 Å². The summed E-state index contributed by atoms with van der Waals surface area (Å²) in [7, 11) is 0. The molecule has 2 aromatic rings. The van der Waals surface area contributed by atoms with Crippen molar-refractivity contribution in [2.45, 2.75) is 19.8 Å². The third kappa shape index (κ3) is 3.31. The molecular formula is C13H16N4O3. The van der Waals surface area contributed by atoms with Crippen LogP contribution in [0.4, 0.5) is 0 Å². The number of nitrogens with one attached hydrogen (secondary N) is 1. The molecule has 0 bridgehead atoms. The van der Waals surface area contributed by atoms with Gasteiger partial charge in [0.1, 0.15) is 0 Å². The van der Waals surface area contributed by atoms with Gasteiger partial charge < -0.3 is 10.4 Å². The summed E-state index contributed by atoms with van der Waals surface area (Å²) in [6.45, 7) is 2.34. The molecule has 0 saturated heterocycles. The van der Waals surface area contributed by atoms with Crippen molar-refractivity contribution >= 4 is 17.4 Å². The van der Waals surface area contributed by atoms with Crippen molar-refractivity contribution in [3.63, 3.8) is 0 Å². The predicted molar refractivity (Wildman–Crippen MR) is 71.4 cm³/mol. The Hall–Kier alpha value is -2.44. The van der Waals surface area contributed by atoms with Crippen LogP contribution in [-0.2, 0) is 4.79 Å². The topological polar surface area (TPSA) is 96.6 Å². The minimum atomic E-state index is -0.822. The standard InChI is InChI=1S/C13H16N4O3/c1-9(2-3-12(18)19)6-15-13(20)10-7-16-17-5-4-14-8-11(10)17/h4-5,7-9H,2-3,6H2,1H3,(H,15,20)(H,18,19). The summed E-state index contributed by atoms with van der Waals surface area (Å²) in [4.78, 5) is 26.5. The first kappa shape index (κ1) is 14.0. The number of fused-ring (bicyclic) bond motifs is 1. The molecule has 1 atom stereocenters. The number of amides is 1. The SMILES string of the molecule is CC(CCC(=O)O)CNC(=O)c1cnn2ccncc12. The largest absolute Gasteiger partial charge is 0.481 e. The summed E-state index contributed by atoms with van der Waals surface area (Å²) >= 11 is 0. The van der Waals surface area contributed by atoms with Crippen LogP contribution in [0.3, 0.4) is 0 Å². The maximum Gasteiger partial charge on any atom is 0.303 e. The van der Waals surface area contributed by atoms with Crippen LogP contribution in [0, 0.1) is 5.92 Å². The fraction of sp³-hybridized carbons (Fsp3) is 0.385. The Morgan fingerprint density at radius 1 is 1.45 bits per heavy atom. The molecule has 0 aromatic carbocycles. The van der Waals surface area contributed by atoms with E-state index in [0.29, 0.717) is 24.0 Å². The number of carbonyl (C=O) groups is 2. The van der Waals surface area contributed by atoms with Gasteiger partial charge in [-0.05, 0) is 12.3 Å². The lowest BCUT2D eigenvalue weighted by Crippen LogP contribution is -2.28. The molecule has 1 amide bonds. The van der Waals surface area contributed by atoms with Gasteiger partial charge in [0.05, 0.1) is 23.5 Å². The van der Waals surface area contributed by atoms with Gasteiger partial charge in [-0.15, -0.1) is 0 Å². The molecule has 2 aromatic heterocycles. The van der Waals surface area contributed by atoms with Crippen LogP contribution in [0.1, 0.15) is 30.1 Å². The number of carboxylic acids is 1. The molecule has 0 radical (unpaired) electrons. The third-order valence-electron chi connectivity index (χ3n) is 3.03. The molecule has 0 aliphatic rings. The van der Waals surface area contributed by atoms with Gasteiger partial charge in [0.2, 0.25) is 0 Å². The van der Waals surface area contributed by atoms with Crippen molar-refractivity contribution in [2.24, 2.45) is 5.92 Å². The molecule has 0 fully saturated rings. The molecule has 0 aliphatic heterocycles. The van der Waals surface area contributed by atoms with Crippen LogP contribution in [0.25, 0.3) is 5.52 Å². The Morgan fingerprint density at radius 3 is 3.00 bits per heavy atom. The van der Waals surface area contributed by atoms with E-state index >= 15 is 0 Å². The summed E-state index contributed by atoms with van der Waals surface area (Å²) in [5, 5.41) is 15.5. The van der Waals surface area contributed by atoms with E-state index in [9.17, 15) is 9.59 Å². The highest BCUT2D eigenvalue weighted by molar-refractivity contribution is 6.00. The first-order chi connectivity index (χ1) is 9.58. The normalized spacial score (nSPS) is 12.2. The van der Waals surface area contributed by atoms with E-state index in [1.807, 2.05) is 6.92 Å². The number of nitrogens with zero attached hydrogens (tertiary/aromatic N) is 3. The lowest BCUT2D eigenvalue weighted by molar-refractivity contribution is -0.137. The van der Waals surface area contributed by atoms with Gasteiger partial charge in [0.25, 0.3) is 5.91 Å². The van der Waals surface area contributed by atoms with Gasteiger partial charge in [-0.2, -0.15) is 5.10 Å². The van der Waals surface area contributed by atoms with E-state index in [0.717, 1.165) is 0 Å². The van der Waals surface area contributed by atoms with E-state index < -0.39 is 5.97 Å². The van der Waals surface area contributed by atoms with Crippen LogP contribution in [0.5, 0.6) is 0 Å². The molecule has 0 spiro atoms. The maximum atomic E-state index is 12.1. The van der Waals surface area contributed by atoms with Crippen molar-refractivity contribution in [1.29, 1.82) is 0 Å². The monoisotopic (exact) mass is 276 g/mol. The summed E-state index contributed by atoms with van der Waals surface area (Å²) in [5.41, 5.74) is 1.10. The van der Waals surface area contributed by atoms with E-state index in [-0.39, 0.29) is 18.2 Å². The van der Waals surface area contributed by atoms with Crippen LogP contribution in [0.2, 0.25) is 0 Å². The van der Waals surface area contributed by atoms with Crippen LogP contribution < -0.4 is 5.32 Å². The van der Waals surface area contributed by atoms with E-state index in [1.54, 1.807) is 23.1 Å². The number of hydrogen-bond donors (Lipinski definition) is 2. The number of rotatable bonds is 6. The third-order valence-corrected chi connectivity index (χ3v) is 3.03. The number of carboxylic acid groups (broad SMARTS) is 1. The highest BCUT2D eigenvalue weighted by Crippen LogP contribution is 2.09. The molecule has 0 saturated carbocycles.